The Morgan fingerprint density at radius 3 is 2.62 bits per heavy atom. The number of nitrogens with zero attached hydrogens (tertiary/aromatic N) is 1. The van der Waals surface area contributed by atoms with Crippen molar-refractivity contribution >= 4 is 43.2 Å². The molecule has 0 spiro atoms. The fourth-order valence-electron chi connectivity index (χ4n) is 4.00. The van der Waals surface area contributed by atoms with Crippen molar-refractivity contribution in [3.8, 4) is 0 Å². The summed E-state index contributed by atoms with van der Waals surface area (Å²) in [6.45, 7) is 4.47. The normalized spacial score (nSPS) is 27.5. The van der Waals surface area contributed by atoms with Crippen molar-refractivity contribution in [2.75, 3.05) is 19.6 Å². The molecule has 0 bridgehead atoms. The number of carbonyl (C=O) groups excluding carboxylic acids is 1. The van der Waals surface area contributed by atoms with Crippen LogP contribution in [0.25, 0.3) is 0 Å². The number of amides is 1. The molecule has 8 heteroatoms. The number of rotatable bonds is 5. The maximum atomic E-state index is 12.7. The van der Waals surface area contributed by atoms with Gasteiger partial charge in [0.1, 0.15) is 4.21 Å². The highest BCUT2D eigenvalue weighted by Crippen LogP contribution is 2.32. The molecule has 1 saturated heterocycles. The number of likely N-dealkylation sites (tertiary alicyclic amines) is 1. The molecular weight excluding hydrogens is 436 g/mol. The third-order valence-corrected chi connectivity index (χ3v) is 9.08. The average Bonchev–Trinajstić information content (AvgIpc) is 3.07. The molecule has 1 aliphatic carbocycles. The van der Waals surface area contributed by atoms with E-state index in [2.05, 4.69) is 32.5 Å². The molecule has 26 heavy (non-hydrogen) atoms. The largest absolute Gasteiger partial charge is 0.342 e. The van der Waals surface area contributed by atoms with E-state index >= 15 is 0 Å². The molecule has 1 aliphatic heterocycles. The molecule has 2 fully saturated rings. The number of nitrogens with one attached hydrogen (secondary N) is 1. The van der Waals surface area contributed by atoms with Gasteiger partial charge in [-0.15, -0.1) is 11.3 Å². The van der Waals surface area contributed by atoms with Crippen molar-refractivity contribution < 1.29 is 13.2 Å². The van der Waals surface area contributed by atoms with Crippen LogP contribution in [0.15, 0.2) is 20.1 Å². The topological polar surface area (TPSA) is 66.5 Å². The van der Waals surface area contributed by atoms with E-state index in [0.717, 1.165) is 49.0 Å². The van der Waals surface area contributed by atoms with Crippen LogP contribution in [0.2, 0.25) is 0 Å². The predicted molar refractivity (Wildman–Crippen MR) is 108 cm³/mol. The Morgan fingerprint density at radius 2 is 2.00 bits per heavy atom. The van der Waals surface area contributed by atoms with E-state index in [9.17, 15) is 13.2 Å². The van der Waals surface area contributed by atoms with Gasteiger partial charge in [0.25, 0.3) is 0 Å². The highest BCUT2D eigenvalue weighted by Gasteiger charge is 2.31. The van der Waals surface area contributed by atoms with Crippen LogP contribution < -0.4 is 4.72 Å². The number of halogens is 1. The van der Waals surface area contributed by atoms with Gasteiger partial charge in [0.2, 0.25) is 15.9 Å². The first-order valence-electron chi connectivity index (χ1n) is 9.39. The molecule has 1 aromatic rings. The van der Waals surface area contributed by atoms with Crippen molar-refractivity contribution in [1.82, 2.24) is 9.62 Å². The Morgan fingerprint density at radius 1 is 1.27 bits per heavy atom. The summed E-state index contributed by atoms with van der Waals surface area (Å²) in [7, 11) is -3.43. The van der Waals surface area contributed by atoms with Gasteiger partial charge in [-0.3, -0.25) is 4.79 Å². The van der Waals surface area contributed by atoms with Gasteiger partial charge in [0.15, 0.2) is 0 Å². The Bertz CT molecular complexity index is 727. The summed E-state index contributed by atoms with van der Waals surface area (Å²) in [5.41, 5.74) is 0. The Hall–Kier alpha value is -0.440. The lowest BCUT2D eigenvalue weighted by atomic mass is 9.81. The van der Waals surface area contributed by atoms with E-state index in [0.29, 0.717) is 28.5 Å². The molecule has 2 aliphatic rings. The maximum Gasteiger partial charge on any atom is 0.250 e. The molecule has 146 valence electrons. The zero-order valence-electron chi connectivity index (χ0n) is 15.1. The second-order valence-electron chi connectivity index (χ2n) is 7.66. The third-order valence-electron chi connectivity index (χ3n) is 5.54. The second-order valence-corrected chi connectivity index (χ2v) is 12.1. The summed E-state index contributed by atoms with van der Waals surface area (Å²) in [6.07, 6.45) is 5.91. The minimum absolute atomic E-state index is 0.126. The van der Waals surface area contributed by atoms with Gasteiger partial charge in [0, 0.05) is 25.6 Å². The van der Waals surface area contributed by atoms with Crippen LogP contribution in [-0.4, -0.2) is 38.9 Å². The lowest BCUT2D eigenvalue weighted by molar-refractivity contribution is -0.138. The zero-order valence-corrected chi connectivity index (χ0v) is 18.3. The lowest BCUT2D eigenvalue weighted by Crippen LogP contribution is -2.43. The second kappa shape index (κ2) is 8.71. The fourth-order valence-corrected chi connectivity index (χ4v) is 7.17. The fraction of sp³-hybridized carbons (Fsp3) is 0.722. The first-order valence-corrected chi connectivity index (χ1v) is 12.5. The van der Waals surface area contributed by atoms with Crippen molar-refractivity contribution in [2.24, 2.45) is 17.8 Å². The molecule has 1 N–H and O–H groups in total. The Kier molecular flexibility index (Phi) is 6.80. The number of carbonyl (C=O) groups is 1. The molecule has 5 nitrogen and oxygen atoms in total. The standard InChI is InChI=1S/C18H27BrN2O3S2/c1-13-3-2-10-21(12-13)18(22)15-6-4-14(5-7-15)11-20-26(23,24)17-9-8-16(19)25-17/h8-9,13-15,20H,2-7,10-12H2,1H3/t13-,14?,15?/m1/s1. The van der Waals surface area contributed by atoms with E-state index in [4.69, 9.17) is 0 Å². The van der Waals surface area contributed by atoms with Crippen LogP contribution in [-0.2, 0) is 14.8 Å². The zero-order chi connectivity index (χ0) is 18.7. The van der Waals surface area contributed by atoms with Crippen LogP contribution in [0, 0.1) is 17.8 Å². The molecule has 1 saturated carbocycles. The monoisotopic (exact) mass is 462 g/mol. The summed E-state index contributed by atoms with van der Waals surface area (Å²) >= 11 is 4.52. The molecule has 0 unspecified atom stereocenters. The van der Waals surface area contributed by atoms with Gasteiger partial charge < -0.3 is 4.90 Å². The number of piperidine rings is 1. The van der Waals surface area contributed by atoms with Crippen LogP contribution in [0.3, 0.4) is 0 Å². The van der Waals surface area contributed by atoms with Crippen molar-refractivity contribution in [2.45, 2.75) is 49.7 Å². The lowest BCUT2D eigenvalue weighted by Gasteiger charge is -2.36. The van der Waals surface area contributed by atoms with E-state index in [1.54, 1.807) is 12.1 Å². The van der Waals surface area contributed by atoms with E-state index < -0.39 is 10.0 Å². The average molecular weight is 463 g/mol. The van der Waals surface area contributed by atoms with Gasteiger partial charge in [0.05, 0.1) is 3.79 Å². The number of hydrogen-bond donors (Lipinski definition) is 1. The van der Waals surface area contributed by atoms with E-state index in [1.807, 2.05) is 0 Å². The van der Waals surface area contributed by atoms with E-state index in [1.165, 1.54) is 17.8 Å². The summed E-state index contributed by atoms with van der Waals surface area (Å²) in [4.78, 5) is 14.8. The molecule has 1 amide bonds. The summed E-state index contributed by atoms with van der Waals surface area (Å²) in [5.74, 6) is 1.37. The molecule has 3 rings (SSSR count). The minimum atomic E-state index is -3.43. The Labute approximate surface area is 168 Å². The van der Waals surface area contributed by atoms with Crippen LogP contribution in [0.4, 0.5) is 0 Å². The van der Waals surface area contributed by atoms with Gasteiger partial charge >= 0.3 is 0 Å². The van der Waals surface area contributed by atoms with Crippen LogP contribution in [0.5, 0.6) is 0 Å². The number of hydrogen-bond acceptors (Lipinski definition) is 4. The highest BCUT2D eigenvalue weighted by atomic mass is 79.9. The molecule has 1 aromatic heterocycles. The molecule has 2 heterocycles. The minimum Gasteiger partial charge on any atom is -0.342 e. The summed E-state index contributed by atoms with van der Waals surface area (Å²) in [6, 6.07) is 3.36. The SMILES string of the molecule is C[C@@H]1CCCN(C(=O)C2CCC(CNS(=O)(=O)c3ccc(Br)s3)CC2)C1. The third kappa shape index (κ3) is 5.09. The van der Waals surface area contributed by atoms with Gasteiger partial charge in [-0.25, -0.2) is 13.1 Å². The smallest absolute Gasteiger partial charge is 0.250 e. The quantitative estimate of drug-likeness (QED) is 0.722. The number of thiophene rings is 1. The van der Waals surface area contributed by atoms with Crippen LogP contribution >= 0.6 is 27.3 Å². The van der Waals surface area contributed by atoms with Crippen molar-refractivity contribution in [1.29, 1.82) is 0 Å². The maximum absolute atomic E-state index is 12.7. The summed E-state index contributed by atoms with van der Waals surface area (Å²) < 4.78 is 28.5. The Balaban J connectivity index is 1.46. The first-order chi connectivity index (χ1) is 12.3. The molecule has 0 aromatic carbocycles. The predicted octanol–water partition coefficient (Wildman–Crippen LogP) is 3.85. The number of sulfonamides is 1. The van der Waals surface area contributed by atoms with Crippen molar-refractivity contribution in [3.05, 3.63) is 15.9 Å². The first kappa shape index (κ1) is 20.3. The molecule has 0 radical (unpaired) electrons. The highest BCUT2D eigenvalue weighted by molar-refractivity contribution is 9.11. The van der Waals surface area contributed by atoms with E-state index in [-0.39, 0.29) is 5.92 Å². The van der Waals surface area contributed by atoms with Crippen LogP contribution in [0.1, 0.15) is 45.4 Å². The van der Waals surface area contributed by atoms with Crippen molar-refractivity contribution in [3.63, 3.8) is 0 Å². The molecular formula is C18H27BrN2O3S2. The van der Waals surface area contributed by atoms with Gasteiger partial charge in [-0.2, -0.15) is 0 Å². The van der Waals surface area contributed by atoms with Gasteiger partial charge in [-0.1, -0.05) is 6.92 Å². The molecule has 1 atom stereocenters. The van der Waals surface area contributed by atoms with Gasteiger partial charge in [-0.05, 0) is 78.4 Å². The summed E-state index contributed by atoms with van der Waals surface area (Å²) in [5, 5.41) is 0.